The number of alkyl halides is 2. The van der Waals surface area contributed by atoms with Crippen molar-refractivity contribution in [3.63, 3.8) is 0 Å². The van der Waals surface area contributed by atoms with E-state index in [1.54, 1.807) is 30.3 Å². The lowest BCUT2D eigenvalue weighted by atomic mass is 9.89. The number of carbonyl (C=O) groups is 1. The van der Waals surface area contributed by atoms with Gasteiger partial charge in [0, 0.05) is 12.0 Å². The Labute approximate surface area is 143 Å². The Morgan fingerprint density at radius 3 is 2.84 bits per heavy atom. The molecule has 1 aliphatic heterocycles. The van der Waals surface area contributed by atoms with Crippen molar-refractivity contribution < 1.29 is 23.0 Å². The zero-order valence-electron chi connectivity index (χ0n) is 13.4. The summed E-state index contributed by atoms with van der Waals surface area (Å²) in [4.78, 5) is 11.2. The highest BCUT2D eigenvalue weighted by Gasteiger charge is 2.29. The number of carbonyl (C=O) groups excluding carboxylic acids is 1. The molecule has 0 aliphatic carbocycles. The molecule has 0 saturated heterocycles. The van der Waals surface area contributed by atoms with Crippen LogP contribution in [0.1, 0.15) is 23.7 Å². The molecule has 0 aromatic heterocycles. The third-order valence-electron chi connectivity index (χ3n) is 3.96. The van der Waals surface area contributed by atoms with E-state index in [1.165, 1.54) is 6.07 Å². The predicted octanol–water partition coefficient (Wildman–Crippen LogP) is 3.99. The lowest BCUT2D eigenvalue weighted by Gasteiger charge is -2.30. The highest BCUT2D eigenvalue weighted by molar-refractivity contribution is 5.82. The Balaban J connectivity index is 2.14. The summed E-state index contributed by atoms with van der Waals surface area (Å²) in [5.41, 5.74) is 7.99. The molecule has 1 aliphatic rings. The molecule has 0 radical (unpaired) electrons. The minimum Gasteiger partial charge on any atom is -0.485 e. The fourth-order valence-corrected chi connectivity index (χ4v) is 3.03. The summed E-state index contributed by atoms with van der Waals surface area (Å²) < 4.78 is 36.1. The zero-order valence-corrected chi connectivity index (χ0v) is 13.4. The van der Waals surface area contributed by atoms with Crippen LogP contribution >= 0.6 is 0 Å². The number of hydrogen-bond acceptors (Lipinski definition) is 3. The van der Waals surface area contributed by atoms with Gasteiger partial charge in [-0.25, -0.2) is 0 Å². The Morgan fingerprint density at radius 1 is 1.36 bits per heavy atom. The van der Waals surface area contributed by atoms with E-state index in [0.717, 1.165) is 16.7 Å². The van der Waals surface area contributed by atoms with Crippen LogP contribution in [-0.4, -0.2) is 12.5 Å². The highest BCUT2D eigenvalue weighted by atomic mass is 19.3. The average Bonchev–Trinajstić information content (AvgIpc) is 2.54. The second-order valence-electron chi connectivity index (χ2n) is 5.70. The van der Waals surface area contributed by atoms with Crippen molar-refractivity contribution in [2.75, 3.05) is 0 Å². The molecule has 25 heavy (non-hydrogen) atoms. The molecule has 0 spiro atoms. The first kappa shape index (κ1) is 17.0. The van der Waals surface area contributed by atoms with Gasteiger partial charge in [-0.05, 0) is 23.3 Å². The fourth-order valence-electron chi connectivity index (χ4n) is 3.03. The van der Waals surface area contributed by atoms with Crippen molar-refractivity contribution in [1.82, 2.24) is 0 Å². The molecule has 4 nitrogen and oxygen atoms in total. The topological polar surface area (TPSA) is 61.6 Å². The Morgan fingerprint density at radius 2 is 2.16 bits per heavy atom. The standard InChI is InChI=1S/C19H17F2NO3/c1-2-4-14-13-9-11(10-17(22)23)7-8-12(13)18-15(24-14)5-3-6-16(18)25-19(20)21/h2-3,5-9,14,19H,1,4,10H2,(H2,22,23). The molecule has 0 saturated carbocycles. The molecular formula is C19H17F2NO3. The number of hydrogen-bond donors (Lipinski definition) is 1. The van der Waals surface area contributed by atoms with Crippen molar-refractivity contribution in [3.05, 3.63) is 60.2 Å². The number of amides is 1. The quantitative estimate of drug-likeness (QED) is 0.805. The van der Waals surface area contributed by atoms with Crippen molar-refractivity contribution >= 4 is 5.91 Å². The molecule has 1 unspecified atom stereocenters. The highest BCUT2D eigenvalue weighted by Crippen LogP contribution is 2.48. The van der Waals surface area contributed by atoms with E-state index < -0.39 is 12.5 Å². The summed E-state index contributed by atoms with van der Waals surface area (Å²) >= 11 is 0. The molecule has 2 aromatic carbocycles. The molecule has 2 aromatic rings. The maximum absolute atomic E-state index is 12.7. The minimum atomic E-state index is -2.94. The Hall–Kier alpha value is -2.89. The van der Waals surface area contributed by atoms with Crippen LogP contribution < -0.4 is 15.2 Å². The summed E-state index contributed by atoms with van der Waals surface area (Å²) in [6, 6.07) is 10.1. The van der Waals surface area contributed by atoms with Crippen LogP contribution in [0.2, 0.25) is 0 Å². The average molecular weight is 345 g/mol. The molecule has 6 heteroatoms. The summed E-state index contributed by atoms with van der Waals surface area (Å²) in [5, 5.41) is 0. The first-order valence-corrected chi connectivity index (χ1v) is 7.76. The molecule has 0 fully saturated rings. The second-order valence-corrected chi connectivity index (χ2v) is 5.70. The van der Waals surface area contributed by atoms with Gasteiger partial charge in [-0.3, -0.25) is 4.79 Å². The van der Waals surface area contributed by atoms with Gasteiger partial charge in [-0.1, -0.05) is 30.3 Å². The van der Waals surface area contributed by atoms with E-state index in [-0.39, 0.29) is 18.3 Å². The maximum Gasteiger partial charge on any atom is 0.387 e. The Bertz CT molecular complexity index is 820. The van der Waals surface area contributed by atoms with Crippen LogP contribution in [0.25, 0.3) is 11.1 Å². The second kappa shape index (κ2) is 6.93. The lowest BCUT2D eigenvalue weighted by Crippen LogP contribution is -2.17. The van der Waals surface area contributed by atoms with Gasteiger partial charge >= 0.3 is 6.61 Å². The number of ether oxygens (including phenoxy) is 2. The van der Waals surface area contributed by atoms with Crippen LogP contribution in [0.5, 0.6) is 11.5 Å². The fraction of sp³-hybridized carbons (Fsp3) is 0.211. The number of rotatable bonds is 6. The maximum atomic E-state index is 12.7. The number of primary amides is 1. The molecule has 1 atom stereocenters. The lowest BCUT2D eigenvalue weighted by molar-refractivity contribution is -0.117. The van der Waals surface area contributed by atoms with E-state index in [4.69, 9.17) is 10.5 Å². The van der Waals surface area contributed by atoms with Gasteiger partial charge in [0.1, 0.15) is 17.6 Å². The molecular weight excluding hydrogens is 328 g/mol. The molecule has 1 amide bonds. The molecule has 2 N–H and O–H groups in total. The van der Waals surface area contributed by atoms with E-state index in [9.17, 15) is 13.6 Å². The van der Waals surface area contributed by atoms with Gasteiger partial charge < -0.3 is 15.2 Å². The largest absolute Gasteiger partial charge is 0.485 e. The number of fused-ring (bicyclic) bond motifs is 3. The van der Waals surface area contributed by atoms with Gasteiger partial charge in [0.05, 0.1) is 12.0 Å². The minimum absolute atomic E-state index is 0.0495. The van der Waals surface area contributed by atoms with Gasteiger partial charge in [0.25, 0.3) is 0 Å². The third-order valence-corrected chi connectivity index (χ3v) is 3.96. The predicted molar refractivity (Wildman–Crippen MR) is 89.6 cm³/mol. The van der Waals surface area contributed by atoms with E-state index in [0.29, 0.717) is 17.7 Å². The van der Waals surface area contributed by atoms with Crippen molar-refractivity contribution in [3.8, 4) is 22.6 Å². The first-order valence-electron chi connectivity index (χ1n) is 7.76. The monoisotopic (exact) mass is 345 g/mol. The third kappa shape index (κ3) is 3.47. The van der Waals surface area contributed by atoms with E-state index >= 15 is 0 Å². The molecule has 0 bridgehead atoms. The van der Waals surface area contributed by atoms with Crippen LogP contribution in [0.15, 0.2) is 49.1 Å². The number of benzene rings is 2. The van der Waals surface area contributed by atoms with Gasteiger partial charge in [-0.2, -0.15) is 8.78 Å². The van der Waals surface area contributed by atoms with Crippen LogP contribution in [-0.2, 0) is 11.2 Å². The summed E-state index contributed by atoms with van der Waals surface area (Å²) in [6.07, 6.45) is 2.03. The normalized spacial score (nSPS) is 15.1. The summed E-state index contributed by atoms with van der Waals surface area (Å²) in [5.74, 6) is 0.0766. The number of nitrogens with two attached hydrogens (primary N) is 1. The van der Waals surface area contributed by atoms with Gasteiger partial charge in [-0.15, -0.1) is 6.58 Å². The zero-order chi connectivity index (χ0) is 18.0. The first-order chi connectivity index (χ1) is 12.0. The van der Waals surface area contributed by atoms with E-state index in [1.807, 2.05) is 6.07 Å². The number of halogens is 2. The van der Waals surface area contributed by atoms with Gasteiger partial charge in [0.15, 0.2) is 0 Å². The van der Waals surface area contributed by atoms with E-state index in [2.05, 4.69) is 11.3 Å². The van der Waals surface area contributed by atoms with Crippen molar-refractivity contribution in [2.24, 2.45) is 5.73 Å². The van der Waals surface area contributed by atoms with Crippen molar-refractivity contribution in [2.45, 2.75) is 25.6 Å². The molecule has 130 valence electrons. The van der Waals surface area contributed by atoms with Crippen LogP contribution in [0.4, 0.5) is 8.78 Å². The van der Waals surface area contributed by atoms with Crippen molar-refractivity contribution in [1.29, 1.82) is 0 Å². The SMILES string of the molecule is C=CCC1Oc2cccc(OC(F)F)c2-c2ccc(CC(N)=O)cc21. The Kier molecular flexibility index (Phi) is 4.70. The summed E-state index contributed by atoms with van der Waals surface area (Å²) in [6.45, 7) is 0.798. The van der Waals surface area contributed by atoms with Crippen LogP contribution in [0.3, 0.4) is 0 Å². The summed E-state index contributed by atoms with van der Waals surface area (Å²) in [7, 11) is 0. The smallest absolute Gasteiger partial charge is 0.387 e. The van der Waals surface area contributed by atoms with Crippen LogP contribution in [0, 0.1) is 0 Å². The molecule has 3 rings (SSSR count). The van der Waals surface area contributed by atoms with Gasteiger partial charge in [0.2, 0.25) is 5.91 Å². The molecule has 1 heterocycles.